The molecule has 0 saturated heterocycles. The van der Waals surface area contributed by atoms with Crippen molar-refractivity contribution in [3.05, 3.63) is 74.6 Å². The van der Waals surface area contributed by atoms with Gasteiger partial charge < -0.3 is 0 Å². The van der Waals surface area contributed by atoms with Gasteiger partial charge in [0.1, 0.15) is 5.65 Å². The van der Waals surface area contributed by atoms with Gasteiger partial charge in [-0.1, -0.05) is 30.3 Å². The summed E-state index contributed by atoms with van der Waals surface area (Å²) in [7, 11) is 0. The van der Waals surface area contributed by atoms with Crippen LogP contribution in [0, 0.1) is 6.92 Å². The van der Waals surface area contributed by atoms with E-state index in [1.165, 1.54) is 4.57 Å². The van der Waals surface area contributed by atoms with Crippen molar-refractivity contribution in [3.63, 3.8) is 0 Å². The van der Waals surface area contributed by atoms with Gasteiger partial charge in [0, 0.05) is 6.20 Å². The summed E-state index contributed by atoms with van der Waals surface area (Å²) in [6, 6.07) is 11.1. The van der Waals surface area contributed by atoms with E-state index in [1.54, 1.807) is 12.3 Å². The van der Waals surface area contributed by atoms with Crippen LogP contribution in [0.25, 0.3) is 11.0 Å². The lowest BCUT2D eigenvalue weighted by atomic mass is 10.2. The molecule has 0 atom stereocenters. The summed E-state index contributed by atoms with van der Waals surface area (Å²) in [5, 5.41) is 0.431. The first-order chi connectivity index (χ1) is 9.65. The molecule has 0 radical (unpaired) electrons. The summed E-state index contributed by atoms with van der Waals surface area (Å²) in [4.78, 5) is 31.1. The van der Waals surface area contributed by atoms with E-state index in [-0.39, 0.29) is 12.1 Å². The lowest BCUT2D eigenvalue weighted by Crippen LogP contribution is -2.35. The highest BCUT2D eigenvalue weighted by molar-refractivity contribution is 5.73. The zero-order valence-electron chi connectivity index (χ0n) is 11.0. The minimum Gasteiger partial charge on any atom is -0.291 e. The number of hydrogen-bond acceptors (Lipinski definition) is 3. The molecule has 1 N–H and O–H groups in total. The van der Waals surface area contributed by atoms with Crippen LogP contribution in [-0.2, 0) is 6.54 Å². The van der Waals surface area contributed by atoms with E-state index in [0.717, 1.165) is 11.1 Å². The van der Waals surface area contributed by atoms with E-state index < -0.39 is 5.69 Å². The molecule has 20 heavy (non-hydrogen) atoms. The van der Waals surface area contributed by atoms with E-state index >= 15 is 0 Å². The Labute approximate surface area is 114 Å². The maximum absolute atomic E-state index is 12.4. The van der Waals surface area contributed by atoms with Crippen LogP contribution in [0.1, 0.15) is 11.1 Å². The average molecular weight is 267 g/mol. The maximum atomic E-state index is 12.4. The molecule has 2 aromatic heterocycles. The van der Waals surface area contributed by atoms with Crippen molar-refractivity contribution in [2.24, 2.45) is 0 Å². The Hall–Kier alpha value is -2.69. The number of pyridine rings is 1. The summed E-state index contributed by atoms with van der Waals surface area (Å²) < 4.78 is 1.19. The Balaban J connectivity index is 2.21. The van der Waals surface area contributed by atoms with E-state index in [4.69, 9.17) is 0 Å². The third-order valence-electron chi connectivity index (χ3n) is 3.15. The fourth-order valence-corrected chi connectivity index (χ4v) is 2.15. The monoisotopic (exact) mass is 267 g/mol. The predicted octanol–water partition coefficient (Wildman–Crippen LogP) is 1.44. The fourth-order valence-electron chi connectivity index (χ4n) is 2.15. The molecular formula is C15H13N3O2. The van der Waals surface area contributed by atoms with Crippen LogP contribution in [0.5, 0.6) is 0 Å². The third kappa shape index (κ3) is 2.14. The van der Waals surface area contributed by atoms with Crippen molar-refractivity contribution in [1.82, 2.24) is 14.5 Å². The molecule has 5 nitrogen and oxygen atoms in total. The van der Waals surface area contributed by atoms with Gasteiger partial charge in [-0.3, -0.25) is 14.3 Å². The summed E-state index contributed by atoms with van der Waals surface area (Å²) >= 11 is 0. The van der Waals surface area contributed by atoms with E-state index in [2.05, 4.69) is 9.97 Å². The molecule has 0 aliphatic carbocycles. The van der Waals surface area contributed by atoms with E-state index in [9.17, 15) is 9.59 Å². The van der Waals surface area contributed by atoms with Crippen LogP contribution in [0.2, 0.25) is 0 Å². The van der Waals surface area contributed by atoms with Crippen molar-refractivity contribution < 1.29 is 0 Å². The zero-order chi connectivity index (χ0) is 14.1. The molecule has 1 aromatic carbocycles. The number of aromatic nitrogens is 3. The first-order valence-electron chi connectivity index (χ1n) is 6.28. The first-order valence-corrected chi connectivity index (χ1v) is 6.28. The van der Waals surface area contributed by atoms with Crippen LogP contribution in [-0.4, -0.2) is 14.5 Å². The molecule has 2 heterocycles. The summed E-state index contributed by atoms with van der Waals surface area (Å²) in [5.41, 5.74) is 1.36. The minimum atomic E-state index is -0.442. The third-order valence-corrected chi connectivity index (χ3v) is 3.15. The Morgan fingerprint density at radius 2 is 1.95 bits per heavy atom. The van der Waals surface area contributed by atoms with E-state index in [0.29, 0.717) is 11.0 Å². The standard InChI is InChI=1S/C15H13N3O2/c1-10-7-12-13(16-8-10)17-15(20)18(14(12)19)9-11-5-3-2-4-6-11/h2-8H,9H2,1H3,(H,16,17,20). The van der Waals surface area contributed by atoms with Crippen molar-refractivity contribution in [2.45, 2.75) is 13.5 Å². The number of H-pyrrole nitrogens is 1. The molecule has 0 fully saturated rings. The maximum Gasteiger partial charge on any atom is 0.330 e. The Morgan fingerprint density at radius 3 is 2.70 bits per heavy atom. The molecular weight excluding hydrogens is 254 g/mol. The number of fused-ring (bicyclic) bond motifs is 1. The molecule has 0 unspecified atom stereocenters. The lowest BCUT2D eigenvalue weighted by Gasteiger charge is -2.06. The summed E-state index contributed by atoms with van der Waals surface area (Å²) in [5.74, 6) is 0. The molecule has 5 heteroatoms. The van der Waals surface area contributed by atoms with Gasteiger partial charge in [-0.25, -0.2) is 9.78 Å². The van der Waals surface area contributed by atoms with Crippen LogP contribution in [0.3, 0.4) is 0 Å². The van der Waals surface area contributed by atoms with Gasteiger partial charge in [-0.15, -0.1) is 0 Å². The topological polar surface area (TPSA) is 67.8 Å². The number of hydrogen-bond donors (Lipinski definition) is 1. The lowest BCUT2D eigenvalue weighted by molar-refractivity contribution is 0.710. The molecule has 100 valence electrons. The molecule has 0 aliphatic heterocycles. The highest BCUT2D eigenvalue weighted by Gasteiger charge is 2.09. The number of benzene rings is 1. The second-order valence-corrected chi connectivity index (χ2v) is 4.72. The van der Waals surface area contributed by atoms with Crippen LogP contribution >= 0.6 is 0 Å². The first kappa shape index (κ1) is 12.3. The van der Waals surface area contributed by atoms with Gasteiger partial charge in [0.15, 0.2) is 0 Å². The Kier molecular flexibility index (Phi) is 2.95. The number of nitrogens with one attached hydrogen (secondary N) is 1. The normalized spacial score (nSPS) is 10.8. The Morgan fingerprint density at radius 1 is 1.20 bits per heavy atom. The quantitative estimate of drug-likeness (QED) is 0.764. The van der Waals surface area contributed by atoms with Gasteiger partial charge >= 0.3 is 5.69 Å². The molecule has 3 rings (SSSR count). The van der Waals surface area contributed by atoms with Crippen molar-refractivity contribution >= 4 is 11.0 Å². The number of nitrogens with zero attached hydrogens (tertiary/aromatic N) is 2. The number of aromatic amines is 1. The highest BCUT2D eigenvalue weighted by atomic mass is 16.2. The van der Waals surface area contributed by atoms with Crippen LogP contribution in [0.4, 0.5) is 0 Å². The van der Waals surface area contributed by atoms with Crippen molar-refractivity contribution in [1.29, 1.82) is 0 Å². The minimum absolute atomic E-state index is 0.249. The molecule has 0 bridgehead atoms. The number of aryl methyl sites for hydroxylation is 1. The molecule has 0 saturated carbocycles. The SMILES string of the molecule is Cc1cnc2[nH]c(=O)n(Cc3ccccc3)c(=O)c2c1. The van der Waals surface area contributed by atoms with Gasteiger partial charge in [0.05, 0.1) is 11.9 Å². The van der Waals surface area contributed by atoms with Gasteiger partial charge in [0.2, 0.25) is 0 Å². The molecule has 0 spiro atoms. The molecule has 3 aromatic rings. The summed E-state index contributed by atoms with van der Waals surface area (Å²) in [6.45, 7) is 2.11. The van der Waals surface area contributed by atoms with Crippen molar-refractivity contribution in [3.8, 4) is 0 Å². The largest absolute Gasteiger partial charge is 0.330 e. The van der Waals surface area contributed by atoms with Crippen LogP contribution in [0.15, 0.2) is 52.2 Å². The predicted molar refractivity (Wildman–Crippen MR) is 76.9 cm³/mol. The van der Waals surface area contributed by atoms with Gasteiger partial charge in [-0.05, 0) is 24.1 Å². The van der Waals surface area contributed by atoms with Gasteiger partial charge in [0.25, 0.3) is 5.56 Å². The van der Waals surface area contributed by atoms with Crippen molar-refractivity contribution in [2.75, 3.05) is 0 Å². The molecule has 0 aliphatic rings. The number of rotatable bonds is 2. The van der Waals surface area contributed by atoms with Crippen LogP contribution < -0.4 is 11.2 Å². The highest BCUT2D eigenvalue weighted by Crippen LogP contribution is 2.05. The average Bonchev–Trinajstić information content (AvgIpc) is 2.46. The molecule has 0 amide bonds. The second kappa shape index (κ2) is 4.77. The zero-order valence-corrected chi connectivity index (χ0v) is 11.0. The second-order valence-electron chi connectivity index (χ2n) is 4.72. The van der Waals surface area contributed by atoms with E-state index in [1.807, 2.05) is 37.3 Å². The smallest absolute Gasteiger partial charge is 0.291 e. The summed E-state index contributed by atoms with van der Waals surface area (Å²) in [6.07, 6.45) is 1.62. The van der Waals surface area contributed by atoms with Gasteiger partial charge in [-0.2, -0.15) is 0 Å². The Bertz CT molecular complexity index is 879. The fraction of sp³-hybridized carbons (Fsp3) is 0.133.